The van der Waals surface area contributed by atoms with Crippen LogP contribution in [0, 0.1) is 0 Å². The molecule has 1 aliphatic rings. The third kappa shape index (κ3) is 3.06. The molecular formula is C13H17FO2S. The first-order valence-corrected chi connectivity index (χ1v) is 7.55. The van der Waals surface area contributed by atoms with Crippen LogP contribution in [0.2, 0.25) is 0 Å². The molecular weight excluding hydrogens is 239 g/mol. The van der Waals surface area contributed by atoms with Gasteiger partial charge in [0.2, 0.25) is 0 Å². The number of halogens is 1. The molecule has 0 amide bonds. The van der Waals surface area contributed by atoms with E-state index < -0.39 is 15.6 Å². The van der Waals surface area contributed by atoms with Crippen LogP contribution in [-0.2, 0) is 15.6 Å². The van der Waals surface area contributed by atoms with E-state index in [2.05, 4.69) is 0 Å². The largest absolute Gasteiger partial charge is 0.303 e. The Kier molecular flexibility index (Phi) is 3.52. The van der Waals surface area contributed by atoms with Crippen molar-refractivity contribution in [3.63, 3.8) is 0 Å². The Morgan fingerprint density at radius 1 is 1.06 bits per heavy atom. The summed E-state index contributed by atoms with van der Waals surface area (Å²) in [5, 5.41) is 0. The lowest BCUT2D eigenvalue weighted by atomic mass is 9.71. The molecule has 2 nitrogen and oxygen atoms in total. The summed E-state index contributed by atoms with van der Waals surface area (Å²) < 4.78 is 35.1. The Morgan fingerprint density at radius 2 is 1.65 bits per heavy atom. The third-order valence-corrected chi connectivity index (χ3v) is 4.54. The van der Waals surface area contributed by atoms with Crippen LogP contribution >= 0.6 is 0 Å². The molecule has 1 aliphatic carbocycles. The molecule has 0 radical (unpaired) electrons. The van der Waals surface area contributed by atoms with Gasteiger partial charge in [-0.2, -0.15) is 8.42 Å². The molecule has 0 atom stereocenters. The van der Waals surface area contributed by atoms with Gasteiger partial charge in [0.15, 0.2) is 0 Å². The predicted octanol–water partition coefficient (Wildman–Crippen LogP) is 3.19. The summed E-state index contributed by atoms with van der Waals surface area (Å²) in [6.07, 6.45) is 4.59. The monoisotopic (exact) mass is 256 g/mol. The fourth-order valence-corrected chi connectivity index (χ4v) is 3.98. The summed E-state index contributed by atoms with van der Waals surface area (Å²) >= 11 is 0. The molecule has 1 saturated carbocycles. The Balaban J connectivity index is 2.36. The van der Waals surface area contributed by atoms with Crippen molar-refractivity contribution in [1.29, 1.82) is 0 Å². The molecule has 1 fully saturated rings. The van der Waals surface area contributed by atoms with E-state index in [4.69, 9.17) is 0 Å². The van der Waals surface area contributed by atoms with Gasteiger partial charge < -0.3 is 0 Å². The molecule has 0 aromatic heterocycles. The number of hydrogen-bond acceptors (Lipinski definition) is 2. The van der Waals surface area contributed by atoms with Gasteiger partial charge in [-0.25, -0.2) is 0 Å². The number of benzene rings is 1. The van der Waals surface area contributed by atoms with Gasteiger partial charge in [-0.15, -0.1) is 3.89 Å². The normalized spacial score (nSPS) is 20.1. The van der Waals surface area contributed by atoms with Crippen LogP contribution in [0.25, 0.3) is 0 Å². The van der Waals surface area contributed by atoms with Gasteiger partial charge in [-0.05, 0) is 18.4 Å². The summed E-state index contributed by atoms with van der Waals surface area (Å²) in [5.74, 6) is -0.371. The van der Waals surface area contributed by atoms with Crippen LogP contribution in [0.15, 0.2) is 30.3 Å². The maximum absolute atomic E-state index is 13.1. The van der Waals surface area contributed by atoms with E-state index in [1.165, 1.54) is 0 Å². The van der Waals surface area contributed by atoms with Crippen molar-refractivity contribution in [1.82, 2.24) is 0 Å². The lowest BCUT2D eigenvalue weighted by Crippen LogP contribution is -2.35. The highest BCUT2D eigenvalue weighted by Crippen LogP contribution is 2.40. The van der Waals surface area contributed by atoms with E-state index >= 15 is 0 Å². The first-order chi connectivity index (χ1) is 8.02. The van der Waals surface area contributed by atoms with Crippen LogP contribution in [0.4, 0.5) is 3.89 Å². The van der Waals surface area contributed by atoms with E-state index in [0.717, 1.165) is 37.7 Å². The second-order valence-corrected chi connectivity index (χ2v) is 6.26. The molecule has 0 saturated heterocycles. The van der Waals surface area contributed by atoms with E-state index in [1.54, 1.807) is 0 Å². The van der Waals surface area contributed by atoms with Crippen molar-refractivity contribution in [2.24, 2.45) is 0 Å². The van der Waals surface area contributed by atoms with Gasteiger partial charge in [0.05, 0.1) is 5.75 Å². The Labute approximate surface area is 102 Å². The molecule has 0 aliphatic heterocycles. The standard InChI is InChI=1S/C13H17FO2S/c14-17(15,16)11-13(9-5-2-6-10-13)12-7-3-1-4-8-12/h1,3-4,7-8H,2,5-6,9-11H2. The second kappa shape index (κ2) is 4.77. The summed E-state index contributed by atoms with van der Waals surface area (Å²) in [4.78, 5) is 0. The molecule has 4 heteroatoms. The highest BCUT2D eigenvalue weighted by atomic mass is 32.3. The van der Waals surface area contributed by atoms with Crippen molar-refractivity contribution in [3.8, 4) is 0 Å². The average Bonchev–Trinajstić information content (AvgIpc) is 2.29. The molecule has 0 heterocycles. The smallest absolute Gasteiger partial charge is 0.195 e. The minimum Gasteiger partial charge on any atom is -0.195 e. The van der Waals surface area contributed by atoms with Crippen molar-refractivity contribution in [2.45, 2.75) is 37.5 Å². The topological polar surface area (TPSA) is 34.1 Å². The van der Waals surface area contributed by atoms with E-state index in [9.17, 15) is 12.3 Å². The lowest BCUT2D eigenvalue weighted by molar-refractivity contribution is 0.318. The third-order valence-electron chi connectivity index (χ3n) is 3.65. The molecule has 0 spiro atoms. The molecule has 1 aromatic carbocycles. The molecule has 1 aromatic rings. The zero-order chi connectivity index (χ0) is 12.4. The van der Waals surface area contributed by atoms with Crippen molar-refractivity contribution in [3.05, 3.63) is 35.9 Å². The molecule has 0 bridgehead atoms. The Bertz CT molecular complexity index is 461. The minimum absolute atomic E-state index is 0.371. The highest BCUT2D eigenvalue weighted by Gasteiger charge is 2.38. The average molecular weight is 256 g/mol. The second-order valence-electron chi connectivity index (χ2n) is 4.89. The molecule has 0 unspecified atom stereocenters. The van der Waals surface area contributed by atoms with Crippen molar-refractivity contribution in [2.75, 3.05) is 5.75 Å². The van der Waals surface area contributed by atoms with E-state index in [1.807, 2.05) is 30.3 Å². The zero-order valence-electron chi connectivity index (χ0n) is 9.73. The van der Waals surface area contributed by atoms with Crippen LogP contribution in [0.3, 0.4) is 0 Å². The van der Waals surface area contributed by atoms with Crippen LogP contribution in [0.5, 0.6) is 0 Å². The zero-order valence-corrected chi connectivity index (χ0v) is 10.5. The first kappa shape index (κ1) is 12.6. The van der Waals surface area contributed by atoms with Crippen LogP contribution in [0.1, 0.15) is 37.7 Å². The molecule has 2 rings (SSSR count). The Hall–Kier alpha value is -0.900. The fraction of sp³-hybridized carbons (Fsp3) is 0.538. The maximum atomic E-state index is 13.1. The predicted molar refractivity (Wildman–Crippen MR) is 66.1 cm³/mol. The number of hydrogen-bond donors (Lipinski definition) is 0. The summed E-state index contributed by atoms with van der Waals surface area (Å²) in [5.41, 5.74) is 0.452. The molecule has 94 valence electrons. The van der Waals surface area contributed by atoms with E-state index in [0.29, 0.717) is 0 Å². The minimum atomic E-state index is -4.43. The first-order valence-electron chi connectivity index (χ1n) is 6.00. The van der Waals surface area contributed by atoms with Crippen LogP contribution in [-0.4, -0.2) is 14.2 Å². The lowest BCUT2D eigenvalue weighted by Gasteiger charge is -2.36. The SMILES string of the molecule is O=S(=O)(F)CC1(c2ccccc2)CCCCC1. The molecule has 0 N–H and O–H groups in total. The van der Waals surface area contributed by atoms with Crippen LogP contribution < -0.4 is 0 Å². The van der Waals surface area contributed by atoms with Gasteiger partial charge in [-0.3, -0.25) is 0 Å². The van der Waals surface area contributed by atoms with E-state index in [-0.39, 0.29) is 5.75 Å². The number of rotatable bonds is 3. The van der Waals surface area contributed by atoms with Gasteiger partial charge >= 0.3 is 10.2 Å². The summed E-state index contributed by atoms with van der Waals surface area (Å²) in [6, 6.07) is 9.49. The summed E-state index contributed by atoms with van der Waals surface area (Å²) in [7, 11) is -4.43. The highest BCUT2D eigenvalue weighted by molar-refractivity contribution is 7.86. The van der Waals surface area contributed by atoms with Gasteiger partial charge in [0, 0.05) is 5.41 Å². The Morgan fingerprint density at radius 3 is 2.18 bits per heavy atom. The quantitative estimate of drug-likeness (QED) is 0.778. The van der Waals surface area contributed by atoms with Gasteiger partial charge in [-0.1, -0.05) is 49.6 Å². The molecule has 17 heavy (non-hydrogen) atoms. The van der Waals surface area contributed by atoms with Gasteiger partial charge in [0.1, 0.15) is 0 Å². The van der Waals surface area contributed by atoms with Crippen molar-refractivity contribution >= 4 is 10.2 Å². The summed E-state index contributed by atoms with van der Waals surface area (Å²) in [6.45, 7) is 0. The fourth-order valence-electron chi connectivity index (χ4n) is 2.87. The van der Waals surface area contributed by atoms with Crippen molar-refractivity contribution < 1.29 is 12.3 Å². The maximum Gasteiger partial charge on any atom is 0.303 e. The van der Waals surface area contributed by atoms with Gasteiger partial charge in [0.25, 0.3) is 0 Å².